The standard InChI is InChI=1S/C21H23N3O4S/c1-3-26-16-7-9-17(10-8-16)27-14-19(25)22-21-24-23-20(28-21)13-15-5-11-18(12-6-15)29-4-2/h5-12H,3-4,13-14H2,1-2H3,(H,22,24,25). The lowest BCUT2D eigenvalue weighted by molar-refractivity contribution is -0.118. The summed E-state index contributed by atoms with van der Waals surface area (Å²) in [5, 5.41) is 10.4. The van der Waals surface area contributed by atoms with Crippen molar-refractivity contribution in [3.63, 3.8) is 0 Å². The summed E-state index contributed by atoms with van der Waals surface area (Å²) in [6.07, 6.45) is 0.503. The van der Waals surface area contributed by atoms with E-state index in [9.17, 15) is 4.79 Å². The summed E-state index contributed by atoms with van der Waals surface area (Å²) in [5.74, 6) is 2.41. The highest BCUT2D eigenvalue weighted by atomic mass is 32.2. The zero-order valence-electron chi connectivity index (χ0n) is 16.4. The molecule has 0 saturated heterocycles. The first kappa shape index (κ1) is 20.7. The lowest BCUT2D eigenvalue weighted by Gasteiger charge is -2.07. The van der Waals surface area contributed by atoms with Gasteiger partial charge in [-0.05, 0) is 54.6 Å². The summed E-state index contributed by atoms with van der Waals surface area (Å²) >= 11 is 1.79. The van der Waals surface area contributed by atoms with E-state index in [0.717, 1.165) is 17.1 Å². The van der Waals surface area contributed by atoms with Crippen molar-refractivity contribution in [1.82, 2.24) is 10.2 Å². The average molecular weight is 413 g/mol. The second-order valence-corrected chi connectivity index (χ2v) is 7.33. The minimum atomic E-state index is -0.380. The SMILES string of the molecule is CCOc1ccc(OCC(=O)Nc2nnc(Cc3ccc(SCC)cc3)o2)cc1. The van der Waals surface area contributed by atoms with Gasteiger partial charge in [-0.15, -0.1) is 16.9 Å². The highest BCUT2D eigenvalue weighted by Crippen LogP contribution is 2.20. The predicted molar refractivity (Wildman–Crippen MR) is 112 cm³/mol. The normalized spacial score (nSPS) is 10.6. The Labute approximate surface area is 173 Å². The zero-order valence-corrected chi connectivity index (χ0v) is 17.2. The van der Waals surface area contributed by atoms with E-state index >= 15 is 0 Å². The molecular weight excluding hydrogens is 390 g/mol. The van der Waals surface area contributed by atoms with Gasteiger partial charge in [0, 0.05) is 4.90 Å². The Morgan fingerprint density at radius 2 is 1.69 bits per heavy atom. The molecule has 0 aliphatic heterocycles. The van der Waals surface area contributed by atoms with Gasteiger partial charge in [0.25, 0.3) is 5.91 Å². The zero-order chi connectivity index (χ0) is 20.5. The summed E-state index contributed by atoms with van der Waals surface area (Å²) in [6, 6.07) is 15.3. The molecule has 1 N–H and O–H groups in total. The third kappa shape index (κ3) is 6.53. The van der Waals surface area contributed by atoms with Crippen LogP contribution >= 0.6 is 11.8 Å². The van der Waals surface area contributed by atoms with Gasteiger partial charge in [-0.1, -0.05) is 24.2 Å². The van der Waals surface area contributed by atoms with E-state index in [2.05, 4.69) is 34.6 Å². The van der Waals surface area contributed by atoms with E-state index in [1.54, 1.807) is 36.0 Å². The van der Waals surface area contributed by atoms with Gasteiger partial charge in [0.15, 0.2) is 6.61 Å². The minimum Gasteiger partial charge on any atom is -0.494 e. The van der Waals surface area contributed by atoms with E-state index in [1.165, 1.54) is 4.90 Å². The second-order valence-electron chi connectivity index (χ2n) is 6.00. The quantitative estimate of drug-likeness (QED) is 0.499. The van der Waals surface area contributed by atoms with Gasteiger partial charge in [-0.2, -0.15) is 0 Å². The van der Waals surface area contributed by atoms with Crippen LogP contribution in [0, 0.1) is 0 Å². The van der Waals surface area contributed by atoms with E-state index in [1.807, 2.05) is 19.1 Å². The molecule has 29 heavy (non-hydrogen) atoms. The molecule has 3 aromatic rings. The number of rotatable bonds is 10. The largest absolute Gasteiger partial charge is 0.494 e. The van der Waals surface area contributed by atoms with Crippen LogP contribution in [0.3, 0.4) is 0 Å². The number of ether oxygens (including phenoxy) is 2. The Balaban J connectivity index is 1.47. The molecule has 0 unspecified atom stereocenters. The highest BCUT2D eigenvalue weighted by molar-refractivity contribution is 7.99. The molecule has 0 aliphatic rings. The molecule has 0 fully saturated rings. The smallest absolute Gasteiger partial charge is 0.322 e. The van der Waals surface area contributed by atoms with Crippen molar-refractivity contribution in [3.8, 4) is 11.5 Å². The molecule has 1 amide bonds. The number of hydrogen-bond donors (Lipinski definition) is 1. The molecule has 0 radical (unpaired) electrons. The molecule has 8 heteroatoms. The minimum absolute atomic E-state index is 0.0541. The molecule has 0 atom stereocenters. The summed E-state index contributed by atoms with van der Waals surface area (Å²) in [6.45, 7) is 4.47. The first-order chi connectivity index (χ1) is 14.2. The molecule has 1 heterocycles. The first-order valence-electron chi connectivity index (χ1n) is 9.36. The van der Waals surface area contributed by atoms with Crippen molar-refractivity contribution in [1.29, 1.82) is 0 Å². The van der Waals surface area contributed by atoms with Gasteiger partial charge >= 0.3 is 6.01 Å². The van der Waals surface area contributed by atoms with Crippen LogP contribution in [0.4, 0.5) is 6.01 Å². The molecule has 2 aromatic carbocycles. The van der Waals surface area contributed by atoms with Gasteiger partial charge in [0.05, 0.1) is 13.0 Å². The van der Waals surface area contributed by atoms with Crippen molar-refractivity contribution in [2.45, 2.75) is 25.2 Å². The van der Waals surface area contributed by atoms with Crippen LogP contribution in [-0.2, 0) is 11.2 Å². The number of nitrogens with one attached hydrogen (secondary N) is 1. The fraction of sp³-hybridized carbons (Fsp3) is 0.286. The maximum Gasteiger partial charge on any atom is 0.322 e. The molecule has 152 valence electrons. The Morgan fingerprint density at radius 1 is 1.00 bits per heavy atom. The number of hydrogen-bond acceptors (Lipinski definition) is 7. The number of amides is 1. The summed E-state index contributed by atoms with van der Waals surface area (Å²) in [4.78, 5) is 13.3. The van der Waals surface area contributed by atoms with Crippen LogP contribution in [-0.4, -0.2) is 35.1 Å². The van der Waals surface area contributed by atoms with Crippen molar-refractivity contribution in [2.24, 2.45) is 0 Å². The lowest BCUT2D eigenvalue weighted by Crippen LogP contribution is -2.20. The molecule has 0 aliphatic carbocycles. The number of carbonyl (C=O) groups is 1. The van der Waals surface area contributed by atoms with E-state index < -0.39 is 0 Å². The third-order valence-corrected chi connectivity index (χ3v) is 4.70. The van der Waals surface area contributed by atoms with Gasteiger partial charge in [0.2, 0.25) is 5.89 Å². The molecule has 0 bridgehead atoms. The van der Waals surface area contributed by atoms with Crippen LogP contribution in [0.25, 0.3) is 0 Å². The number of benzene rings is 2. The van der Waals surface area contributed by atoms with Gasteiger partial charge in [-0.25, -0.2) is 0 Å². The molecule has 1 aromatic heterocycles. The van der Waals surface area contributed by atoms with Crippen molar-refractivity contribution >= 4 is 23.7 Å². The highest BCUT2D eigenvalue weighted by Gasteiger charge is 2.11. The fourth-order valence-electron chi connectivity index (χ4n) is 2.52. The Morgan fingerprint density at radius 3 is 2.34 bits per heavy atom. The number of thioether (sulfide) groups is 1. The summed E-state index contributed by atoms with van der Waals surface area (Å²) in [5.41, 5.74) is 1.06. The Kier molecular flexibility index (Phi) is 7.52. The van der Waals surface area contributed by atoms with Crippen molar-refractivity contribution in [3.05, 3.63) is 60.0 Å². The maximum absolute atomic E-state index is 12.0. The maximum atomic E-state index is 12.0. The molecule has 0 spiro atoms. The molecule has 0 saturated carbocycles. The number of anilines is 1. The van der Waals surface area contributed by atoms with E-state index in [4.69, 9.17) is 13.9 Å². The molecular formula is C21H23N3O4S. The number of nitrogens with zero attached hydrogens (tertiary/aromatic N) is 2. The summed E-state index contributed by atoms with van der Waals surface area (Å²) in [7, 11) is 0. The Bertz CT molecular complexity index is 910. The van der Waals surface area contributed by atoms with Gasteiger partial charge < -0.3 is 13.9 Å². The molecule has 7 nitrogen and oxygen atoms in total. The second kappa shape index (κ2) is 10.5. The van der Waals surface area contributed by atoms with Crippen LogP contribution in [0.5, 0.6) is 11.5 Å². The van der Waals surface area contributed by atoms with Crippen LogP contribution in [0.1, 0.15) is 25.3 Å². The third-order valence-electron chi connectivity index (χ3n) is 3.81. The first-order valence-corrected chi connectivity index (χ1v) is 10.3. The Hall–Kier alpha value is -3.00. The summed E-state index contributed by atoms with van der Waals surface area (Å²) < 4.78 is 16.3. The van der Waals surface area contributed by atoms with Crippen LogP contribution in [0.2, 0.25) is 0 Å². The molecule has 3 rings (SSSR count). The number of carbonyl (C=O) groups excluding carboxylic acids is 1. The van der Waals surface area contributed by atoms with Crippen LogP contribution < -0.4 is 14.8 Å². The topological polar surface area (TPSA) is 86.5 Å². The van der Waals surface area contributed by atoms with E-state index in [-0.39, 0.29) is 18.5 Å². The van der Waals surface area contributed by atoms with Gasteiger partial charge in [-0.3, -0.25) is 10.1 Å². The van der Waals surface area contributed by atoms with E-state index in [0.29, 0.717) is 24.7 Å². The predicted octanol–water partition coefficient (Wildman–Crippen LogP) is 4.19. The van der Waals surface area contributed by atoms with Crippen LogP contribution in [0.15, 0.2) is 57.8 Å². The van der Waals surface area contributed by atoms with Crippen molar-refractivity contribution in [2.75, 3.05) is 24.3 Å². The number of aromatic nitrogens is 2. The average Bonchev–Trinajstić information content (AvgIpc) is 3.16. The van der Waals surface area contributed by atoms with Crippen molar-refractivity contribution < 1.29 is 18.7 Å². The lowest BCUT2D eigenvalue weighted by atomic mass is 10.1. The monoisotopic (exact) mass is 413 g/mol. The van der Waals surface area contributed by atoms with Gasteiger partial charge in [0.1, 0.15) is 11.5 Å². The fourth-order valence-corrected chi connectivity index (χ4v) is 3.19.